The minimum atomic E-state index is -0.156. The Labute approximate surface area is 137 Å². The number of nitrogens with one attached hydrogen (secondary N) is 1. The number of carbonyl (C=O) groups excluding carboxylic acids is 1. The maximum absolute atomic E-state index is 12.1. The number of anilines is 1. The SMILES string of the molecule is Cc1nnc(SCCNC(=O)c2cnc(N(C)C)nc2C)s1. The largest absolute Gasteiger partial charge is 0.351 e. The summed E-state index contributed by atoms with van der Waals surface area (Å²) in [6.07, 6.45) is 1.56. The molecule has 0 fully saturated rings. The minimum Gasteiger partial charge on any atom is -0.351 e. The summed E-state index contributed by atoms with van der Waals surface area (Å²) in [5, 5.41) is 11.8. The molecule has 0 spiro atoms. The molecule has 0 aliphatic carbocycles. The molecule has 22 heavy (non-hydrogen) atoms. The standard InChI is InChI=1S/C13H18N6OS2/c1-8-10(7-15-12(16-8)19(3)4)11(20)14-5-6-21-13-18-17-9(2)22-13/h7H,5-6H2,1-4H3,(H,14,20). The summed E-state index contributed by atoms with van der Waals surface area (Å²) in [6.45, 7) is 4.28. The first kappa shape index (κ1) is 16.6. The van der Waals surface area contributed by atoms with E-state index in [0.29, 0.717) is 23.8 Å². The molecule has 7 nitrogen and oxygen atoms in total. The first-order valence-electron chi connectivity index (χ1n) is 6.69. The van der Waals surface area contributed by atoms with Gasteiger partial charge in [-0.2, -0.15) is 0 Å². The van der Waals surface area contributed by atoms with Crippen molar-refractivity contribution in [2.24, 2.45) is 0 Å². The van der Waals surface area contributed by atoms with Crippen LogP contribution in [-0.4, -0.2) is 52.5 Å². The van der Waals surface area contributed by atoms with Gasteiger partial charge in [0.25, 0.3) is 5.91 Å². The van der Waals surface area contributed by atoms with Crippen molar-refractivity contribution >= 4 is 35.0 Å². The Kier molecular flexibility index (Phi) is 5.67. The summed E-state index contributed by atoms with van der Waals surface area (Å²) in [5.74, 6) is 1.18. The predicted octanol–water partition coefficient (Wildman–Crippen LogP) is 1.53. The van der Waals surface area contributed by atoms with Gasteiger partial charge in [0.05, 0.1) is 11.3 Å². The molecule has 0 atom stereocenters. The molecule has 0 saturated carbocycles. The number of aromatic nitrogens is 4. The Balaban J connectivity index is 1.84. The summed E-state index contributed by atoms with van der Waals surface area (Å²) in [6, 6.07) is 0. The van der Waals surface area contributed by atoms with Gasteiger partial charge in [-0.3, -0.25) is 4.79 Å². The summed E-state index contributed by atoms with van der Waals surface area (Å²) in [4.78, 5) is 22.4. The first-order valence-corrected chi connectivity index (χ1v) is 8.49. The van der Waals surface area contributed by atoms with Crippen molar-refractivity contribution in [2.45, 2.75) is 18.2 Å². The predicted molar refractivity (Wildman–Crippen MR) is 88.8 cm³/mol. The van der Waals surface area contributed by atoms with Crippen molar-refractivity contribution in [2.75, 3.05) is 31.3 Å². The molecule has 2 rings (SSSR count). The number of hydrogen-bond acceptors (Lipinski definition) is 8. The molecule has 2 aromatic heterocycles. The fraction of sp³-hybridized carbons (Fsp3) is 0.462. The van der Waals surface area contributed by atoms with Crippen LogP contribution in [0.5, 0.6) is 0 Å². The molecule has 118 valence electrons. The molecule has 2 heterocycles. The van der Waals surface area contributed by atoms with E-state index in [0.717, 1.165) is 15.1 Å². The van der Waals surface area contributed by atoms with E-state index in [9.17, 15) is 4.79 Å². The molecular formula is C13H18N6OS2. The Morgan fingerprint density at radius 1 is 1.36 bits per heavy atom. The average molecular weight is 338 g/mol. The Morgan fingerprint density at radius 2 is 2.14 bits per heavy atom. The highest BCUT2D eigenvalue weighted by Gasteiger charge is 2.12. The summed E-state index contributed by atoms with van der Waals surface area (Å²) in [5.41, 5.74) is 1.17. The van der Waals surface area contributed by atoms with Crippen LogP contribution in [0, 0.1) is 13.8 Å². The van der Waals surface area contributed by atoms with Gasteiger partial charge in [0.1, 0.15) is 5.01 Å². The van der Waals surface area contributed by atoms with Crippen molar-refractivity contribution in [3.05, 3.63) is 22.5 Å². The number of carbonyl (C=O) groups is 1. The number of thioether (sulfide) groups is 1. The molecule has 0 saturated heterocycles. The van der Waals surface area contributed by atoms with E-state index in [-0.39, 0.29) is 5.91 Å². The Hall–Kier alpha value is -1.74. The second-order valence-electron chi connectivity index (χ2n) is 4.75. The van der Waals surface area contributed by atoms with Gasteiger partial charge in [-0.1, -0.05) is 23.1 Å². The van der Waals surface area contributed by atoms with Gasteiger partial charge in [0, 0.05) is 32.6 Å². The van der Waals surface area contributed by atoms with Crippen LogP contribution in [0.2, 0.25) is 0 Å². The topological polar surface area (TPSA) is 83.9 Å². The van der Waals surface area contributed by atoms with Gasteiger partial charge in [0.2, 0.25) is 5.95 Å². The second kappa shape index (κ2) is 7.50. The van der Waals surface area contributed by atoms with Crippen LogP contribution < -0.4 is 10.2 Å². The molecule has 1 N–H and O–H groups in total. The molecule has 2 aromatic rings. The van der Waals surface area contributed by atoms with Gasteiger partial charge < -0.3 is 10.2 Å². The van der Waals surface area contributed by atoms with Crippen LogP contribution in [0.1, 0.15) is 21.1 Å². The lowest BCUT2D eigenvalue weighted by atomic mass is 10.2. The molecule has 0 aliphatic rings. The third kappa shape index (κ3) is 4.38. The lowest BCUT2D eigenvalue weighted by molar-refractivity contribution is 0.0955. The van der Waals surface area contributed by atoms with E-state index < -0.39 is 0 Å². The summed E-state index contributed by atoms with van der Waals surface area (Å²) in [7, 11) is 3.72. The van der Waals surface area contributed by atoms with Crippen molar-refractivity contribution < 1.29 is 4.79 Å². The zero-order chi connectivity index (χ0) is 16.1. The quantitative estimate of drug-likeness (QED) is 0.631. The van der Waals surface area contributed by atoms with Gasteiger partial charge in [-0.25, -0.2) is 9.97 Å². The van der Waals surface area contributed by atoms with E-state index in [1.807, 2.05) is 27.9 Å². The van der Waals surface area contributed by atoms with Crippen molar-refractivity contribution in [3.8, 4) is 0 Å². The van der Waals surface area contributed by atoms with Crippen molar-refractivity contribution in [1.82, 2.24) is 25.5 Å². The third-order valence-electron chi connectivity index (χ3n) is 2.73. The minimum absolute atomic E-state index is 0.156. The van der Waals surface area contributed by atoms with Crippen LogP contribution in [0.4, 0.5) is 5.95 Å². The summed E-state index contributed by atoms with van der Waals surface area (Å²) >= 11 is 3.13. The van der Waals surface area contributed by atoms with Crippen molar-refractivity contribution in [1.29, 1.82) is 0 Å². The highest BCUT2D eigenvalue weighted by molar-refractivity contribution is 8.01. The molecule has 9 heteroatoms. The van der Waals surface area contributed by atoms with E-state index >= 15 is 0 Å². The summed E-state index contributed by atoms with van der Waals surface area (Å²) < 4.78 is 0.918. The van der Waals surface area contributed by atoms with Gasteiger partial charge >= 0.3 is 0 Å². The molecule has 0 bridgehead atoms. The lowest BCUT2D eigenvalue weighted by Gasteiger charge is -2.12. The van der Waals surface area contributed by atoms with Gasteiger partial charge in [-0.15, -0.1) is 10.2 Å². The van der Waals surface area contributed by atoms with Crippen LogP contribution in [-0.2, 0) is 0 Å². The van der Waals surface area contributed by atoms with Crippen LogP contribution in [0.25, 0.3) is 0 Å². The van der Waals surface area contributed by atoms with Crippen molar-refractivity contribution in [3.63, 3.8) is 0 Å². The van der Waals surface area contributed by atoms with Crippen LogP contribution in [0.3, 0.4) is 0 Å². The Morgan fingerprint density at radius 3 is 2.73 bits per heavy atom. The van der Waals surface area contributed by atoms with E-state index in [4.69, 9.17) is 0 Å². The molecule has 0 unspecified atom stereocenters. The Bertz CT molecular complexity index is 658. The number of aryl methyl sites for hydroxylation is 2. The maximum Gasteiger partial charge on any atom is 0.254 e. The van der Waals surface area contributed by atoms with Crippen LogP contribution >= 0.6 is 23.1 Å². The monoisotopic (exact) mass is 338 g/mol. The highest BCUT2D eigenvalue weighted by atomic mass is 32.2. The van der Waals surface area contributed by atoms with Gasteiger partial charge in [-0.05, 0) is 13.8 Å². The molecule has 0 radical (unpaired) electrons. The molecular weight excluding hydrogens is 320 g/mol. The molecule has 0 aliphatic heterocycles. The van der Waals surface area contributed by atoms with E-state index in [1.54, 1.807) is 34.2 Å². The smallest absolute Gasteiger partial charge is 0.254 e. The number of rotatable bonds is 6. The fourth-order valence-corrected chi connectivity index (χ4v) is 3.37. The normalized spacial score (nSPS) is 10.5. The number of nitrogens with zero attached hydrogens (tertiary/aromatic N) is 5. The highest BCUT2D eigenvalue weighted by Crippen LogP contribution is 2.21. The zero-order valence-corrected chi connectivity index (χ0v) is 14.6. The lowest BCUT2D eigenvalue weighted by Crippen LogP contribution is -2.27. The van der Waals surface area contributed by atoms with E-state index in [2.05, 4.69) is 25.5 Å². The van der Waals surface area contributed by atoms with Crippen LogP contribution in [0.15, 0.2) is 10.5 Å². The molecule has 1 amide bonds. The zero-order valence-electron chi connectivity index (χ0n) is 13.0. The third-order valence-corrected chi connectivity index (χ3v) is 4.71. The fourth-order valence-electron chi connectivity index (χ4n) is 1.63. The maximum atomic E-state index is 12.1. The van der Waals surface area contributed by atoms with E-state index in [1.165, 1.54) is 0 Å². The molecule has 0 aromatic carbocycles. The number of amides is 1. The first-order chi connectivity index (χ1) is 10.5. The van der Waals surface area contributed by atoms with Gasteiger partial charge in [0.15, 0.2) is 4.34 Å². The second-order valence-corrected chi connectivity index (χ2v) is 7.28. The number of hydrogen-bond donors (Lipinski definition) is 1. The average Bonchev–Trinajstić information content (AvgIpc) is 2.88.